The first-order valence-corrected chi connectivity index (χ1v) is 8.23. The number of hydrogen-bond acceptors (Lipinski definition) is 3. The second kappa shape index (κ2) is 10.6. The number of aromatic nitrogens is 2. The van der Waals surface area contributed by atoms with Gasteiger partial charge in [0.15, 0.2) is 5.96 Å². The van der Waals surface area contributed by atoms with Gasteiger partial charge in [-0.1, -0.05) is 6.92 Å². The van der Waals surface area contributed by atoms with Crippen molar-refractivity contribution in [3.63, 3.8) is 0 Å². The summed E-state index contributed by atoms with van der Waals surface area (Å²) in [6.07, 6.45) is 3.80. The van der Waals surface area contributed by atoms with Crippen LogP contribution in [0.5, 0.6) is 0 Å². The summed E-state index contributed by atoms with van der Waals surface area (Å²) in [6, 6.07) is 4.06. The lowest BCUT2D eigenvalue weighted by molar-refractivity contribution is 0.443. The fourth-order valence-electron chi connectivity index (χ4n) is 1.96. The second-order valence-electron chi connectivity index (χ2n) is 5.04. The Hall–Kier alpha value is -1.09. The molecule has 2 heterocycles. The van der Waals surface area contributed by atoms with Crippen LogP contribution < -0.4 is 10.6 Å². The third-order valence-electron chi connectivity index (χ3n) is 3.02. The molecule has 2 rings (SSSR count). The summed E-state index contributed by atoms with van der Waals surface area (Å²) in [5.41, 5.74) is 1.25. The molecule has 122 valence electrons. The van der Waals surface area contributed by atoms with Crippen LogP contribution in [0.2, 0.25) is 0 Å². The Morgan fingerprint density at radius 2 is 2.32 bits per heavy atom. The number of guanidine groups is 1. The van der Waals surface area contributed by atoms with Gasteiger partial charge in [-0.05, 0) is 41.3 Å². The van der Waals surface area contributed by atoms with Crippen LogP contribution >= 0.6 is 35.3 Å². The van der Waals surface area contributed by atoms with Crippen molar-refractivity contribution >= 4 is 41.3 Å². The lowest BCUT2D eigenvalue weighted by atomic mass is 10.2. The van der Waals surface area contributed by atoms with E-state index < -0.39 is 0 Å². The lowest BCUT2D eigenvalue weighted by Gasteiger charge is -2.16. The van der Waals surface area contributed by atoms with E-state index in [1.165, 1.54) is 5.56 Å². The van der Waals surface area contributed by atoms with Crippen molar-refractivity contribution in [1.29, 1.82) is 0 Å². The summed E-state index contributed by atoms with van der Waals surface area (Å²) < 4.78 is 1.96. The van der Waals surface area contributed by atoms with E-state index in [1.807, 2.05) is 23.1 Å². The minimum Gasteiger partial charge on any atom is -0.357 e. The molecule has 2 aromatic heterocycles. The smallest absolute Gasteiger partial charge is 0.191 e. The van der Waals surface area contributed by atoms with Gasteiger partial charge in [-0.15, -0.1) is 24.0 Å². The SMILES string of the molecule is CCNC(=NCc1ccsc1)NCC(C)Cn1cccn1.I. The molecule has 0 bridgehead atoms. The van der Waals surface area contributed by atoms with Crippen molar-refractivity contribution in [2.24, 2.45) is 10.9 Å². The van der Waals surface area contributed by atoms with Crippen molar-refractivity contribution < 1.29 is 0 Å². The number of rotatable bonds is 7. The summed E-state index contributed by atoms with van der Waals surface area (Å²) in [7, 11) is 0. The predicted octanol–water partition coefficient (Wildman–Crippen LogP) is 2.95. The van der Waals surface area contributed by atoms with Gasteiger partial charge in [-0.3, -0.25) is 4.68 Å². The molecule has 5 nitrogen and oxygen atoms in total. The molecule has 0 aromatic carbocycles. The molecule has 0 radical (unpaired) electrons. The number of aliphatic imine (C=N–C) groups is 1. The minimum atomic E-state index is 0. The van der Waals surface area contributed by atoms with Crippen LogP contribution in [-0.4, -0.2) is 28.8 Å². The third-order valence-corrected chi connectivity index (χ3v) is 3.75. The van der Waals surface area contributed by atoms with Crippen LogP contribution in [0.1, 0.15) is 19.4 Å². The average Bonchev–Trinajstić information content (AvgIpc) is 3.15. The molecule has 0 spiro atoms. The monoisotopic (exact) mass is 433 g/mol. The van der Waals surface area contributed by atoms with E-state index in [2.05, 4.69) is 51.4 Å². The van der Waals surface area contributed by atoms with Crippen LogP contribution in [0, 0.1) is 5.92 Å². The van der Waals surface area contributed by atoms with Crippen LogP contribution in [0.15, 0.2) is 40.3 Å². The zero-order chi connectivity index (χ0) is 14.9. The van der Waals surface area contributed by atoms with Crippen molar-refractivity contribution in [2.75, 3.05) is 13.1 Å². The highest BCUT2D eigenvalue weighted by molar-refractivity contribution is 14.0. The first-order valence-electron chi connectivity index (χ1n) is 7.28. The normalized spacial score (nSPS) is 12.5. The van der Waals surface area contributed by atoms with Crippen LogP contribution in [0.4, 0.5) is 0 Å². The molecule has 22 heavy (non-hydrogen) atoms. The number of nitrogens with zero attached hydrogens (tertiary/aromatic N) is 3. The Morgan fingerprint density at radius 1 is 1.45 bits per heavy atom. The summed E-state index contributed by atoms with van der Waals surface area (Å²) in [5.74, 6) is 1.35. The molecule has 0 aliphatic rings. The van der Waals surface area contributed by atoms with E-state index in [0.29, 0.717) is 12.5 Å². The fourth-order valence-corrected chi connectivity index (χ4v) is 2.62. The van der Waals surface area contributed by atoms with Gasteiger partial charge in [0.05, 0.1) is 6.54 Å². The second-order valence-corrected chi connectivity index (χ2v) is 5.82. The number of hydrogen-bond donors (Lipinski definition) is 2. The highest BCUT2D eigenvalue weighted by Crippen LogP contribution is 2.06. The Morgan fingerprint density at radius 3 is 2.95 bits per heavy atom. The Bertz CT molecular complexity index is 524. The van der Waals surface area contributed by atoms with Crippen molar-refractivity contribution in [3.8, 4) is 0 Å². The maximum absolute atomic E-state index is 4.60. The van der Waals surface area contributed by atoms with Gasteiger partial charge in [0.25, 0.3) is 0 Å². The van der Waals surface area contributed by atoms with Gasteiger partial charge < -0.3 is 10.6 Å². The summed E-state index contributed by atoms with van der Waals surface area (Å²) in [6.45, 7) is 7.64. The molecule has 2 N–H and O–H groups in total. The van der Waals surface area contributed by atoms with E-state index in [4.69, 9.17) is 0 Å². The molecule has 1 atom stereocenters. The predicted molar refractivity (Wildman–Crippen MR) is 104 cm³/mol. The van der Waals surface area contributed by atoms with E-state index in [9.17, 15) is 0 Å². The van der Waals surface area contributed by atoms with E-state index in [-0.39, 0.29) is 24.0 Å². The van der Waals surface area contributed by atoms with Gasteiger partial charge >= 0.3 is 0 Å². The number of nitrogens with one attached hydrogen (secondary N) is 2. The molecule has 0 amide bonds. The molecule has 0 fully saturated rings. The molecule has 0 aliphatic heterocycles. The van der Waals surface area contributed by atoms with Crippen LogP contribution in [0.25, 0.3) is 0 Å². The maximum Gasteiger partial charge on any atom is 0.191 e. The van der Waals surface area contributed by atoms with E-state index in [0.717, 1.165) is 25.6 Å². The molecule has 2 aromatic rings. The zero-order valence-electron chi connectivity index (χ0n) is 13.0. The fraction of sp³-hybridized carbons (Fsp3) is 0.467. The Labute approximate surface area is 153 Å². The minimum absolute atomic E-state index is 0. The van der Waals surface area contributed by atoms with Crippen molar-refractivity contribution in [3.05, 3.63) is 40.8 Å². The molecule has 0 aliphatic carbocycles. The number of thiophene rings is 1. The van der Waals surface area contributed by atoms with Crippen molar-refractivity contribution in [2.45, 2.75) is 26.9 Å². The highest BCUT2D eigenvalue weighted by Gasteiger charge is 2.05. The summed E-state index contributed by atoms with van der Waals surface area (Å²) >= 11 is 1.71. The molecule has 7 heteroatoms. The first kappa shape index (κ1) is 19.0. The zero-order valence-corrected chi connectivity index (χ0v) is 16.2. The van der Waals surface area contributed by atoms with Gasteiger partial charge in [0, 0.05) is 32.0 Å². The quantitative estimate of drug-likeness (QED) is 0.401. The Balaban J connectivity index is 0.00000242. The molecular weight excluding hydrogens is 409 g/mol. The molecular formula is C15H24IN5S. The van der Waals surface area contributed by atoms with Gasteiger partial charge in [0.1, 0.15) is 0 Å². The van der Waals surface area contributed by atoms with Crippen LogP contribution in [0.3, 0.4) is 0 Å². The van der Waals surface area contributed by atoms with Crippen molar-refractivity contribution in [1.82, 2.24) is 20.4 Å². The average molecular weight is 433 g/mol. The summed E-state index contributed by atoms with van der Waals surface area (Å²) in [5, 5.41) is 15.1. The maximum atomic E-state index is 4.60. The van der Waals surface area contributed by atoms with Gasteiger partial charge in [-0.25, -0.2) is 4.99 Å². The highest BCUT2D eigenvalue weighted by atomic mass is 127. The van der Waals surface area contributed by atoms with E-state index in [1.54, 1.807) is 11.3 Å². The number of halogens is 1. The lowest BCUT2D eigenvalue weighted by Crippen LogP contribution is -2.40. The van der Waals surface area contributed by atoms with E-state index >= 15 is 0 Å². The topological polar surface area (TPSA) is 54.2 Å². The van der Waals surface area contributed by atoms with Crippen LogP contribution in [-0.2, 0) is 13.1 Å². The summed E-state index contributed by atoms with van der Waals surface area (Å²) in [4.78, 5) is 4.60. The van der Waals surface area contributed by atoms with Gasteiger partial charge in [0.2, 0.25) is 0 Å². The largest absolute Gasteiger partial charge is 0.357 e. The first-order chi connectivity index (χ1) is 10.3. The standard InChI is InChI=1S/C15H23N5S.HI/c1-3-16-15(18-10-14-5-8-21-12-14)17-9-13(2)11-20-7-4-6-19-20;/h4-8,12-13H,3,9-11H2,1-2H3,(H2,16,17,18);1H. The molecule has 0 saturated carbocycles. The molecule has 0 saturated heterocycles. The Kier molecular flexibility index (Phi) is 9.14. The van der Waals surface area contributed by atoms with Gasteiger partial charge in [-0.2, -0.15) is 16.4 Å². The molecule has 1 unspecified atom stereocenters. The third kappa shape index (κ3) is 6.78.